The standard InChI is InChI=1S/C23H23FN4O/c24-21-9-5-4-6-18(21)16-25-22-11-10-19(17-26-22)23(29)28-14-12-27(13-15-28)20-7-2-1-3-8-20/h1-11,17H,12-16H2,(H,25,26). The molecule has 29 heavy (non-hydrogen) atoms. The van der Waals surface area contributed by atoms with Gasteiger partial charge in [0.15, 0.2) is 0 Å². The van der Waals surface area contributed by atoms with Crippen LogP contribution in [-0.4, -0.2) is 42.0 Å². The van der Waals surface area contributed by atoms with Crippen LogP contribution in [0.4, 0.5) is 15.9 Å². The second kappa shape index (κ2) is 8.73. The molecule has 0 spiro atoms. The highest BCUT2D eigenvalue weighted by molar-refractivity contribution is 5.94. The number of benzene rings is 2. The summed E-state index contributed by atoms with van der Waals surface area (Å²) in [6.45, 7) is 3.33. The topological polar surface area (TPSA) is 48.5 Å². The number of carbonyl (C=O) groups is 1. The van der Waals surface area contributed by atoms with Crippen molar-refractivity contribution in [2.45, 2.75) is 6.54 Å². The maximum absolute atomic E-state index is 13.7. The fourth-order valence-electron chi connectivity index (χ4n) is 3.44. The lowest BCUT2D eigenvalue weighted by molar-refractivity contribution is 0.0746. The number of halogens is 1. The molecule has 1 aliphatic rings. The summed E-state index contributed by atoms with van der Waals surface area (Å²) in [7, 11) is 0. The molecular weight excluding hydrogens is 367 g/mol. The highest BCUT2D eigenvalue weighted by Gasteiger charge is 2.22. The normalized spacial score (nSPS) is 14.0. The van der Waals surface area contributed by atoms with E-state index in [1.54, 1.807) is 36.5 Å². The third kappa shape index (κ3) is 4.54. The van der Waals surface area contributed by atoms with Gasteiger partial charge in [-0.05, 0) is 30.3 Å². The first kappa shape index (κ1) is 18.9. The van der Waals surface area contributed by atoms with Gasteiger partial charge < -0.3 is 15.1 Å². The smallest absolute Gasteiger partial charge is 0.255 e. The van der Waals surface area contributed by atoms with Crippen LogP contribution in [0.5, 0.6) is 0 Å². The quantitative estimate of drug-likeness (QED) is 0.720. The van der Waals surface area contributed by atoms with E-state index in [4.69, 9.17) is 0 Å². The molecule has 0 aliphatic carbocycles. The molecule has 148 valence electrons. The van der Waals surface area contributed by atoms with Crippen molar-refractivity contribution in [1.29, 1.82) is 0 Å². The number of hydrogen-bond acceptors (Lipinski definition) is 4. The molecule has 0 bridgehead atoms. The molecule has 1 aliphatic heterocycles. The van der Waals surface area contributed by atoms with Crippen molar-refractivity contribution in [3.63, 3.8) is 0 Å². The Morgan fingerprint density at radius 3 is 2.34 bits per heavy atom. The molecule has 0 unspecified atom stereocenters. The molecule has 1 saturated heterocycles. The lowest BCUT2D eigenvalue weighted by Crippen LogP contribution is -2.48. The number of pyridine rings is 1. The Hall–Kier alpha value is -3.41. The van der Waals surface area contributed by atoms with E-state index < -0.39 is 0 Å². The van der Waals surface area contributed by atoms with Crippen LogP contribution in [0.2, 0.25) is 0 Å². The first-order valence-electron chi connectivity index (χ1n) is 9.73. The van der Waals surface area contributed by atoms with Gasteiger partial charge in [0.05, 0.1) is 5.56 Å². The average Bonchev–Trinajstić information content (AvgIpc) is 2.79. The van der Waals surface area contributed by atoms with Crippen molar-refractivity contribution in [3.05, 3.63) is 89.9 Å². The number of aromatic nitrogens is 1. The van der Waals surface area contributed by atoms with E-state index in [0.717, 1.165) is 13.1 Å². The Morgan fingerprint density at radius 2 is 1.66 bits per heavy atom. The van der Waals surface area contributed by atoms with Gasteiger partial charge in [-0.15, -0.1) is 0 Å². The number of hydrogen-bond donors (Lipinski definition) is 1. The van der Waals surface area contributed by atoms with Crippen LogP contribution in [0.3, 0.4) is 0 Å². The predicted molar refractivity (Wildman–Crippen MR) is 113 cm³/mol. The van der Waals surface area contributed by atoms with Crippen LogP contribution in [0, 0.1) is 5.82 Å². The molecule has 1 amide bonds. The highest BCUT2D eigenvalue weighted by atomic mass is 19.1. The number of carbonyl (C=O) groups excluding carboxylic acids is 1. The lowest BCUT2D eigenvalue weighted by atomic mass is 10.2. The number of nitrogens with zero attached hydrogens (tertiary/aromatic N) is 3. The fourth-order valence-corrected chi connectivity index (χ4v) is 3.44. The summed E-state index contributed by atoms with van der Waals surface area (Å²) >= 11 is 0. The Labute approximate surface area is 169 Å². The molecule has 6 heteroatoms. The molecule has 2 aromatic carbocycles. The van der Waals surface area contributed by atoms with Crippen LogP contribution in [-0.2, 0) is 6.54 Å². The van der Waals surface area contributed by atoms with Gasteiger partial charge in [-0.3, -0.25) is 4.79 Å². The molecule has 0 atom stereocenters. The highest BCUT2D eigenvalue weighted by Crippen LogP contribution is 2.17. The van der Waals surface area contributed by atoms with Crippen LogP contribution in [0.25, 0.3) is 0 Å². The monoisotopic (exact) mass is 390 g/mol. The minimum atomic E-state index is -0.249. The van der Waals surface area contributed by atoms with Crippen molar-refractivity contribution >= 4 is 17.4 Å². The SMILES string of the molecule is O=C(c1ccc(NCc2ccccc2F)nc1)N1CCN(c2ccccc2)CC1. The van der Waals surface area contributed by atoms with Gasteiger partial charge in [0.25, 0.3) is 5.91 Å². The van der Waals surface area contributed by atoms with Gasteiger partial charge in [0, 0.05) is 50.2 Å². The summed E-state index contributed by atoms with van der Waals surface area (Å²) in [5.41, 5.74) is 2.33. The molecule has 0 radical (unpaired) electrons. The Bertz CT molecular complexity index is 954. The molecule has 5 nitrogen and oxygen atoms in total. The molecule has 4 rings (SSSR count). The molecule has 1 fully saturated rings. The first-order valence-corrected chi connectivity index (χ1v) is 9.73. The van der Waals surface area contributed by atoms with Crippen LogP contribution < -0.4 is 10.2 Å². The third-order valence-electron chi connectivity index (χ3n) is 5.12. The summed E-state index contributed by atoms with van der Waals surface area (Å²) in [6, 6.07) is 20.4. The Kier molecular flexibility index (Phi) is 5.70. The molecular formula is C23H23FN4O. The zero-order valence-corrected chi connectivity index (χ0v) is 16.1. The lowest BCUT2D eigenvalue weighted by Gasteiger charge is -2.36. The van der Waals surface area contributed by atoms with E-state index in [-0.39, 0.29) is 11.7 Å². The zero-order valence-electron chi connectivity index (χ0n) is 16.1. The number of nitrogens with one attached hydrogen (secondary N) is 1. The maximum Gasteiger partial charge on any atom is 0.255 e. The Balaban J connectivity index is 1.32. The molecule has 3 aromatic rings. The van der Waals surface area contributed by atoms with Crippen LogP contribution >= 0.6 is 0 Å². The van der Waals surface area contributed by atoms with E-state index in [0.29, 0.717) is 36.6 Å². The summed E-state index contributed by atoms with van der Waals surface area (Å²) < 4.78 is 13.7. The minimum Gasteiger partial charge on any atom is -0.368 e. The zero-order chi connectivity index (χ0) is 20.1. The number of para-hydroxylation sites is 1. The summed E-state index contributed by atoms with van der Waals surface area (Å²) in [5, 5.41) is 3.09. The van der Waals surface area contributed by atoms with E-state index in [1.807, 2.05) is 23.1 Å². The van der Waals surface area contributed by atoms with E-state index in [9.17, 15) is 9.18 Å². The first-order chi connectivity index (χ1) is 14.2. The number of amides is 1. The largest absolute Gasteiger partial charge is 0.368 e. The molecule has 0 saturated carbocycles. The Morgan fingerprint density at radius 1 is 0.931 bits per heavy atom. The number of anilines is 2. The van der Waals surface area contributed by atoms with Crippen molar-refractivity contribution in [3.8, 4) is 0 Å². The van der Waals surface area contributed by atoms with Gasteiger partial charge in [0.2, 0.25) is 0 Å². The van der Waals surface area contributed by atoms with E-state index >= 15 is 0 Å². The average molecular weight is 390 g/mol. The van der Waals surface area contributed by atoms with Gasteiger partial charge in [-0.25, -0.2) is 9.37 Å². The van der Waals surface area contributed by atoms with Crippen LogP contribution in [0.15, 0.2) is 72.9 Å². The second-order valence-electron chi connectivity index (χ2n) is 6.99. The molecule has 1 N–H and O–H groups in total. The fraction of sp³-hybridized carbons (Fsp3) is 0.217. The maximum atomic E-state index is 13.7. The van der Waals surface area contributed by atoms with Gasteiger partial charge in [-0.2, -0.15) is 0 Å². The van der Waals surface area contributed by atoms with Gasteiger partial charge >= 0.3 is 0 Å². The summed E-state index contributed by atoms with van der Waals surface area (Å²) in [4.78, 5) is 21.2. The number of rotatable bonds is 5. The predicted octanol–water partition coefficient (Wildman–Crippen LogP) is 3.80. The van der Waals surface area contributed by atoms with Crippen molar-refractivity contribution in [1.82, 2.24) is 9.88 Å². The molecule has 2 heterocycles. The van der Waals surface area contributed by atoms with Crippen molar-refractivity contribution < 1.29 is 9.18 Å². The summed E-state index contributed by atoms with van der Waals surface area (Å²) in [6.07, 6.45) is 1.58. The van der Waals surface area contributed by atoms with Crippen LogP contribution in [0.1, 0.15) is 15.9 Å². The number of piperazine rings is 1. The second-order valence-corrected chi connectivity index (χ2v) is 6.99. The third-order valence-corrected chi connectivity index (χ3v) is 5.12. The van der Waals surface area contributed by atoms with E-state index in [1.165, 1.54) is 11.8 Å². The summed E-state index contributed by atoms with van der Waals surface area (Å²) in [5.74, 6) is 0.353. The molecule has 1 aromatic heterocycles. The van der Waals surface area contributed by atoms with Crippen molar-refractivity contribution in [2.75, 3.05) is 36.4 Å². The minimum absolute atomic E-state index is 0.00846. The van der Waals surface area contributed by atoms with Gasteiger partial charge in [0.1, 0.15) is 11.6 Å². The van der Waals surface area contributed by atoms with Crippen molar-refractivity contribution in [2.24, 2.45) is 0 Å². The van der Waals surface area contributed by atoms with E-state index in [2.05, 4.69) is 27.3 Å². The van der Waals surface area contributed by atoms with Gasteiger partial charge in [-0.1, -0.05) is 36.4 Å².